The van der Waals surface area contributed by atoms with Gasteiger partial charge >= 0.3 is 0 Å². The van der Waals surface area contributed by atoms with Gasteiger partial charge in [-0.1, -0.05) is 6.07 Å². The average molecular weight is 382 g/mol. The first-order chi connectivity index (χ1) is 9.56. The summed E-state index contributed by atoms with van der Waals surface area (Å²) in [5.41, 5.74) is 0.966. The van der Waals surface area contributed by atoms with Gasteiger partial charge in [-0.2, -0.15) is 0 Å². The molecule has 0 bridgehead atoms. The smallest absolute Gasteiger partial charge is 0.250 e. The zero-order valence-corrected chi connectivity index (χ0v) is 14.1. The number of carbonyl (C=O) groups excluding carboxylic acids is 1. The Morgan fingerprint density at radius 3 is 3.00 bits per heavy atom. The molecule has 1 fully saturated rings. The highest BCUT2D eigenvalue weighted by Gasteiger charge is 2.22. The van der Waals surface area contributed by atoms with Crippen LogP contribution in [0.3, 0.4) is 0 Å². The van der Waals surface area contributed by atoms with E-state index in [4.69, 9.17) is 4.74 Å². The number of nitrogens with one attached hydrogen (secondary N) is 2. The Bertz CT molecular complexity index is 484. The minimum absolute atomic E-state index is 0. The minimum atomic E-state index is -0.425. The highest BCUT2D eigenvalue weighted by atomic mass is 79.9. The molecule has 21 heavy (non-hydrogen) atoms. The number of amides is 1. The van der Waals surface area contributed by atoms with Crippen molar-refractivity contribution in [1.82, 2.24) is 10.6 Å². The van der Waals surface area contributed by atoms with Crippen LogP contribution in [0.5, 0.6) is 0 Å². The van der Waals surface area contributed by atoms with Gasteiger partial charge in [-0.25, -0.2) is 4.39 Å². The number of ether oxygens (including phenoxy) is 1. The summed E-state index contributed by atoms with van der Waals surface area (Å²) in [5, 5.41) is 6.04. The van der Waals surface area contributed by atoms with E-state index in [0.717, 1.165) is 12.1 Å². The summed E-state index contributed by atoms with van der Waals surface area (Å²) in [7, 11) is 0. The van der Waals surface area contributed by atoms with E-state index < -0.39 is 6.10 Å². The SMILES string of the molecule is CC(Cc1ccc(F)c(Br)c1)NC(=O)C1CNCCO1.Cl. The number of morpholine rings is 1. The van der Waals surface area contributed by atoms with Crippen LogP contribution in [-0.4, -0.2) is 37.7 Å². The van der Waals surface area contributed by atoms with E-state index in [1.165, 1.54) is 6.07 Å². The van der Waals surface area contributed by atoms with Gasteiger partial charge < -0.3 is 15.4 Å². The summed E-state index contributed by atoms with van der Waals surface area (Å²) in [4.78, 5) is 12.0. The average Bonchev–Trinajstić information content (AvgIpc) is 2.44. The van der Waals surface area contributed by atoms with Crippen molar-refractivity contribution >= 4 is 34.2 Å². The third kappa shape index (κ3) is 5.54. The van der Waals surface area contributed by atoms with Gasteiger partial charge in [-0.15, -0.1) is 12.4 Å². The van der Waals surface area contributed by atoms with Crippen LogP contribution in [0.1, 0.15) is 12.5 Å². The standard InChI is InChI=1S/C14H18BrFN2O2.ClH/c1-9(6-10-2-3-12(16)11(15)7-10)18-14(19)13-8-17-4-5-20-13;/h2-3,7,9,13,17H,4-6,8H2,1H3,(H,18,19);1H. The number of hydrogen-bond acceptors (Lipinski definition) is 3. The fraction of sp³-hybridized carbons (Fsp3) is 0.500. The van der Waals surface area contributed by atoms with Gasteiger partial charge in [0.2, 0.25) is 0 Å². The van der Waals surface area contributed by atoms with Gasteiger partial charge in [0, 0.05) is 19.1 Å². The number of carbonyl (C=O) groups is 1. The molecule has 0 radical (unpaired) electrons. The largest absolute Gasteiger partial charge is 0.366 e. The number of benzene rings is 1. The monoisotopic (exact) mass is 380 g/mol. The lowest BCUT2D eigenvalue weighted by molar-refractivity contribution is -0.134. The highest BCUT2D eigenvalue weighted by Crippen LogP contribution is 2.17. The van der Waals surface area contributed by atoms with Gasteiger partial charge in [0.25, 0.3) is 5.91 Å². The van der Waals surface area contributed by atoms with Gasteiger partial charge in [0.1, 0.15) is 11.9 Å². The van der Waals surface area contributed by atoms with Crippen molar-refractivity contribution in [2.45, 2.75) is 25.5 Å². The van der Waals surface area contributed by atoms with E-state index in [0.29, 0.717) is 24.0 Å². The zero-order chi connectivity index (χ0) is 14.5. The topological polar surface area (TPSA) is 50.4 Å². The van der Waals surface area contributed by atoms with E-state index in [1.54, 1.807) is 12.1 Å². The van der Waals surface area contributed by atoms with Crippen LogP contribution >= 0.6 is 28.3 Å². The molecular formula is C14H19BrClFN2O2. The van der Waals surface area contributed by atoms with Gasteiger partial charge in [0.15, 0.2) is 0 Å². The predicted octanol–water partition coefficient (Wildman–Crippen LogP) is 2.05. The van der Waals surface area contributed by atoms with E-state index in [1.807, 2.05) is 6.92 Å². The summed E-state index contributed by atoms with van der Waals surface area (Å²) in [6.07, 6.45) is 0.219. The molecule has 2 unspecified atom stereocenters. The molecule has 7 heteroatoms. The molecule has 1 heterocycles. The highest BCUT2D eigenvalue weighted by molar-refractivity contribution is 9.10. The second kappa shape index (κ2) is 8.68. The van der Waals surface area contributed by atoms with Crippen molar-refractivity contribution in [2.75, 3.05) is 19.7 Å². The summed E-state index contributed by atoms with van der Waals surface area (Å²) in [6, 6.07) is 4.84. The van der Waals surface area contributed by atoms with Crippen molar-refractivity contribution in [3.63, 3.8) is 0 Å². The Morgan fingerprint density at radius 2 is 2.38 bits per heavy atom. The first-order valence-corrected chi connectivity index (χ1v) is 7.42. The van der Waals surface area contributed by atoms with Crippen LogP contribution in [0.25, 0.3) is 0 Å². The Balaban J connectivity index is 0.00000220. The van der Waals surface area contributed by atoms with Crippen LogP contribution in [0, 0.1) is 5.82 Å². The molecule has 1 aliphatic rings. The Labute approximate surface area is 138 Å². The molecule has 1 aromatic carbocycles. The molecule has 0 spiro atoms. The maximum Gasteiger partial charge on any atom is 0.250 e. The lowest BCUT2D eigenvalue weighted by atomic mass is 10.1. The Morgan fingerprint density at radius 1 is 1.62 bits per heavy atom. The van der Waals surface area contributed by atoms with Gasteiger partial charge in [-0.05, 0) is 47.0 Å². The molecule has 1 saturated heterocycles. The summed E-state index contributed by atoms with van der Waals surface area (Å²) in [6.45, 7) is 3.80. The molecular weight excluding hydrogens is 363 g/mol. The fourth-order valence-electron chi connectivity index (χ4n) is 2.14. The van der Waals surface area contributed by atoms with Crippen LogP contribution < -0.4 is 10.6 Å². The second-order valence-corrected chi connectivity index (χ2v) is 5.78. The van der Waals surface area contributed by atoms with Gasteiger partial charge in [-0.3, -0.25) is 4.79 Å². The van der Waals surface area contributed by atoms with Crippen LogP contribution in [0.4, 0.5) is 4.39 Å². The molecule has 2 atom stereocenters. The summed E-state index contributed by atoms with van der Waals surface area (Å²) < 4.78 is 19.0. The van der Waals surface area contributed by atoms with E-state index in [2.05, 4.69) is 26.6 Å². The van der Waals surface area contributed by atoms with Crippen LogP contribution in [0.2, 0.25) is 0 Å². The Hall–Kier alpha value is -0.690. The molecule has 1 aromatic rings. The normalized spacial score (nSPS) is 19.5. The van der Waals surface area contributed by atoms with Crippen molar-refractivity contribution in [3.05, 3.63) is 34.1 Å². The zero-order valence-electron chi connectivity index (χ0n) is 11.7. The number of hydrogen-bond donors (Lipinski definition) is 2. The number of halogens is 3. The van der Waals surface area contributed by atoms with Crippen LogP contribution in [-0.2, 0) is 16.0 Å². The maximum atomic E-state index is 13.1. The molecule has 2 N–H and O–H groups in total. The third-order valence-electron chi connectivity index (χ3n) is 3.13. The second-order valence-electron chi connectivity index (χ2n) is 4.93. The van der Waals surface area contributed by atoms with Crippen molar-refractivity contribution < 1.29 is 13.9 Å². The first kappa shape index (κ1) is 18.4. The first-order valence-electron chi connectivity index (χ1n) is 6.63. The molecule has 2 rings (SSSR count). The van der Waals surface area contributed by atoms with Gasteiger partial charge in [0.05, 0.1) is 11.1 Å². The van der Waals surface area contributed by atoms with E-state index in [-0.39, 0.29) is 30.2 Å². The predicted molar refractivity (Wildman–Crippen MR) is 85.3 cm³/mol. The maximum absolute atomic E-state index is 13.1. The minimum Gasteiger partial charge on any atom is -0.366 e. The molecule has 1 amide bonds. The van der Waals surface area contributed by atoms with Crippen molar-refractivity contribution in [3.8, 4) is 0 Å². The number of rotatable bonds is 4. The van der Waals surface area contributed by atoms with Crippen molar-refractivity contribution in [1.29, 1.82) is 0 Å². The van der Waals surface area contributed by atoms with Crippen LogP contribution in [0.15, 0.2) is 22.7 Å². The fourth-order valence-corrected chi connectivity index (χ4v) is 2.57. The van der Waals surface area contributed by atoms with Crippen molar-refractivity contribution in [2.24, 2.45) is 0 Å². The lowest BCUT2D eigenvalue weighted by Gasteiger charge is -2.24. The molecule has 0 aromatic heterocycles. The Kier molecular flexibility index (Phi) is 7.59. The molecule has 0 saturated carbocycles. The third-order valence-corrected chi connectivity index (χ3v) is 3.74. The summed E-state index contributed by atoms with van der Waals surface area (Å²) in [5.74, 6) is -0.391. The molecule has 118 valence electrons. The van der Waals surface area contributed by atoms with E-state index >= 15 is 0 Å². The lowest BCUT2D eigenvalue weighted by Crippen LogP contribution is -2.50. The van der Waals surface area contributed by atoms with E-state index in [9.17, 15) is 9.18 Å². The summed E-state index contributed by atoms with van der Waals surface area (Å²) >= 11 is 3.16. The quantitative estimate of drug-likeness (QED) is 0.839. The molecule has 4 nitrogen and oxygen atoms in total. The molecule has 0 aliphatic carbocycles. The molecule has 1 aliphatic heterocycles.